The summed E-state index contributed by atoms with van der Waals surface area (Å²) in [5.41, 5.74) is 4.44. The molecular formula is C22H19N3O. The number of hydrogen-bond acceptors (Lipinski definition) is 2. The quantitative estimate of drug-likeness (QED) is 0.585. The van der Waals surface area contributed by atoms with Crippen LogP contribution < -0.4 is 0 Å². The number of nitrogens with one attached hydrogen (secondary N) is 1. The SMILES string of the molecule is O=C(c1cc2ncccc2[nH]1)N(Cc1ccccc1)Cc1ccccc1. The van der Waals surface area contributed by atoms with Crippen molar-refractivity contribution in [2.45, 2.75) is 13.1 Å². The van der Waals surface area contributed by atoms with E-state index in [1.54, 1.807) is 6.20 Å². The van der Waals surface area contributed by atoms with Crippen molar-refractivity contribution in [1.82, 2.24) is 14.9 Å². The second kappa shape index (κ2) is 7.23. The van der Waals surface area contributed by atoms with Gasteiger partial charge in [0.05, 0.1) is 11.0 Å². The Labute approximate surface area is 152 Å². The molecule has 4 rings (SSSR count). The lowest BCUT2D eigenvalue weighted by Gasteiger charge is -2.22. The highest BCUT2D eigenvalue weighted by atomic mass is 16.2. The van der Waals surface area contributed by atoms with Crippen LogP contribution in [0, 0.1) is 0 Å². The Bertz CT molecular complexity index is 935. The van der Waals surface area contributed by atoms with E-state index in [1.165, 1.54) is 0 Å². The summed E-state index contributed by atoms with van der Waals surface area (Å²) in [6, 6.07) is 25.7. The summed E-state index contributed by atoms with van der Waals surface area (Å²) < 4.78 is 0. The number of H-pyrrole nitrogens is 1. The smallest absolute Gasteiger partial charge is 0.270 e. The Hall–Kier alpha value is -3.40. The summed E-state index contributed by atoms with van der Waals surface area (Å²) in [4.78, 5) is 22.5. The molecule has 0 radical (unpaired) electrons. The molecule has 0 saturated carbocycles. The molecule has 4 aromatic rings. The van der Waals surface area contributed by atoms with E-state index in [9.17, 15) is 4.79 Å². The summed E-state index contributed by atoms with van der Waals surface area (Å²) >= 11 is 0. The molecule has 4 heteroatoms. The van der Waals surface area contributed by atoms with Crippen LogP contribution in [0.4, 0.5) is 0 Å². The second-order valence-electron chi connectivity index (χ2n) is 6.25. The Morgan fingerprint density at radius 3 is 2.04 bits per heavy atom. The maximum Gasteiger partial charge on any atom is 0.270 e. The first kappa shape index (κ1) is 16.1. The zero-order valence-corrected chi connectivity index (χ0v) is 14.3. The number of aromatic amines is 1. The van der Waals surface area contributed by atoms with Crippen LogP contribution in [0.5, 0.6) is 0 Å². The van der Waals surface area contributed by atoms with Gasteiger partial charge >= 0.3 is 0 Å². The van der Waals surface area contributed by atoms with E-state index in [2.05, 4.69) is 9.97 Å². The standard InChI is InChI=1S/C22H19N3O/c26-22(21-14-20-19(24-21)12-7-13-23-20)25(15-17-8-3-1-4-9-17)16-18-10-5-2-6-11-18/h1-14,24H,15-16H2. The fourth-order valence-electron chi connectivity index (χ4n) is 3.05. The van der Waals surface area contributed by atoms with Gasteiger partial charge in [-0.3, -0.25) is 9.78 Å². The molecule has 0 unspecified atom stereocenters. The molecule has 0 aliphatic heterocycles. The third-order valence-corrected chi connectivity index (χ3v) is 4.34. The second-order valence-corrected chi connectivity index (χ2v) is 6.25. The van der Waals surface area contributed by atoms with Crippen LogP contribution in [0.15, 0.2) is 85.1 Å². The fraction of sp³-hybridized carbons (Fsp3) is 0.0909. The molecule has 0 fully saturated rings. The molecule has 2 aromatic heterocycles. The Kier molecular flexibility index (Phi) is 4.48. The lowest BCUT2D eigenvalue weighted by Crippen LogP contribution is -2.30. The molecule has 0 atom stereocenters. The third kappa shape index (κ3) is 3.49. The minimum Gasteiger partial charge on any atom is -0.349 e. The van der Waals surface area contributed by atoms with Crippen molar-refractivity contribution < 1.29 is 4.79 Å². The summed E-state index contributed by atoms with van der Waals surface area (Å²) in [6.45, 7) is 1.11. The van der Waals surface area contributed by atoms with E-state index < -0.39 is 0 Å². The van der Waals surface area contributed by atoms with Gasteiger partial charge in [-0.2, -0.15) is 0 Å². The number of carbonyl (C=O) groups is 1. The molecule has 2 aromatic carbocycles. The van der Waals surface area contributed by atoms with Crippen molar-refractivity contribution in [1.29, 1.82) is 0 Å². The van der Waals surface area contributed by atoms with Gasteiger partial charge in [0.1, 0.15) is 5.69 Å². The van der Waals surface area contributed by atoms with Crippen molar-refractivity contribution in [2.75, 3.05) is 0 Å². The van der Waals surface area contributed by atoms with E-state index in [4.69, 9.17) is 0 Å². The average molecular weight is 341 g/mol. The van der Waals surface area contributed by atoms with Gasteiger partial charge in [0.15, 0.2) is 0 Å². The van der Waals surface area contributed by atoms with Gasteiger partial charge in [0.25, 0.3) is 5.91 Å². The molecule has 0 saturated heterocycles. The number of fused-ring (bicyclic) bond motifs is 1. The number of pyridine rings is 1. The number of rotatable bonds is 5. The van der Waals surface area contributed by atoms with Crippen LogP contribution in [0.2, 0.25) is 0 Å². The maximum atomic E-state index is 13.2. The van der Waals surface area contributed by atoms with E-state index in [0.717, 1.165) is 22.2 Å². The van der Waals surface area contributed by atoms with Crippen LogP contribution in [0.25, 0.3) is 11.0 Å². The normalized spacial score (nSPS) is 10.8. The number of amides is 1. The van der Waals surface area contributed by atoms with Gasteiger partial charge in [-0.15, -0.1) is 0 Å². The first-order valence-corrected chi connectivity index (χ1v) is 8.60. The first-order valence-electron chi connectivity index (χ1n) is 8.60. The zero-order valence-electron chi connectivity index (χ0n) is 14.3. The topological polar surface area (TPSA) is 49.0 Å². The number of hydrogen-bond donors (Lipinski definition) is 1. The first-order chi connectivity index (χ1) is 12.8. The van der Waals surface area contributed by atoms with Crippen LogP contribution in [0.1, 0.15) is 21.6 Å². The van der Waals surface area contributed by atoms with Gasteiger partial charge in [0.2, 0.25) is 0 Å². The summed E-state index contributed by atoms with van der Waals surface area (Å²) in [5, 5.41) is 0. The number of nitrogens with zero attached hydrogens (tertiary/aromatic N) is 2. The van der Waals surface area contributed by atoms with E-state index in [-0.39, 0.29) is 5.91 Å². The fourth-order valence-corrected chi connectivity index (χ4v) is 3.05. The molecule has 128 valence electrons. The highest BCUT2D eigenvalue weighted by Crippen LogP contribution is 2.17. The average Bonchev–Trinajstić information content (AvgIpc) is 3.13. The lowest BCUT2D eigenvalue weighted by molar-refractivity contribution is 0.0725. The van der Waals surface area contributed by atoms with E-state index in [1.807, 2.05) is 83.8 Å². The van der Waals surface area contributed by atoms with Crippen LogP contribution in [-0.2, 0) is 13.1 Å². The lowest BCUT2D eigenvalue weighted by atomic mass is 10.1. The van der Waals surface area contributed by atoms with Gasteiger partial charge < -0.3 is 9.88 Å². The molecule has 1 amide bonds. The van der Waals surface area contributed by atoms with Crippen LogP contribution >= 0.6 is 0 Å². The van der Waals surface area contributed by atoms with Crippen molar-refractivity contribution >= 4 is 16.9 Å². The van der Waals surface area contributed by atoms with Crippen molar-refractivity contribution in [2.24, 2.45) is 0 Å². The molecule has 1 N–H and O–H groups in total. The molecule has 0 spiro atoms. The minimum absolute atomic E-state index is 0.0318. The highest BCUT2D eigenvalue weighted by molar-refractivity contribution is 5.97. The predicted molar refractivity (Wildman–Crippen MR) is 103 cm³/mol. The largest absolute Gasteiger partial charge is 0.349 e. The predicted octanol–water partition coefficient (Wildman–Crippen LogP) is 4.41. The maximum absolute atomic E-state index is 13.2. The van der Waals surface area contributed by atoms with Gasteiger partial charge in [0, 0.05) is 19.3 Å². The molecule has 0 bridgehead atoms. The summed E-state index contributed by atoms with van der Waals surface area (Å²) in [6.07, 6.45) is 1.73. The van der Waals surface area contributed by atoms with Crippen molar-refractivity contribution in [3.8, 4) is 0 Å². The summed E-state index contributed by atoms with van der Waals surface area (Å²) in [5.74, 6) is -0.0318. The molecule has 0 aliphatic carbocycles. The number of aromatic nitrogens is 2. The molecule has 2 heterocycles. The van der Waals surface area contributed by atoms with Crippen molar-refractivity contribution in [3.63, 3.8) is 0 Å². The van der Waals surface area contributed by atoms with Crippen LogP contribution in [0.3, 0.4) is 0 Å². The van der Waals surface area contributed by atoms with Crippen LogP contribution in [-0.4, -0.2) is 20.8 Å². The van der Waals surface area contributed by atoms with Crippen molar-refractivity contribution in [3.05, 3.63) is 102 Å². The molecule has 4 nitrogen and oxygen atoms in total. The Morgan fingerprint density at radius 1 is 0.846 bits per heavy atom. The van der Waals surface area contributed by atoms with E-state index in [0.29, 0.717) is 18.8 Å². The van der Waals surface area contributed by atoms with Gasteiger partial charge in [-0.25, -0.2) is 0 Å². The Balaban J connectivity index is 1.65. The van der Waals surface area contributed by atoms with Gasteiger partial charge in [-0.05, 0) is 29.3 Å². The molecule has 0 aliphatic rings. The minimum atomic E-state index is -0.0318. The number of carbonyl (C=O) groups excluding carboxylic acids is 1. The van der Waals surface area contributed by atoms with E-state index >= 15 is 0 Å². The zero-order chi connectivity index (χ0) is 17.8. The van der Waals surface area contributed by atoms with Gasteiger partial charge in [-0.1, -0.05) is 60.7 Å². The summed E-state index contributed by atoms with van der Waals surface area (Å²) in [7, 11) is 0. The third-order valence-electron chi connectivity index (χ3n) is 4.34. The monoisotopic (exact) mass is 341 g/mol. The molecule has 26 heavy (non-hydrogen) atoms. The molecular weight excluding hydrogens is 322 g/mol. The number of benzene rings is 2. The highest BCUT2D eigenvalue weighted by Gasteiger charge is 2.19. The Morgan fingerprint density at radius 2 is 1.46 bits per heavy atom.